The van der Waals surface area contributed by atoms with Crippen LogP contribution in [0.5, 0.6) is 0 Å². The van der Waals surface area contributed by atoms with Crippen molar-refractivity contribution in [1.82, 2.24) is 4.57 Å². The van der Waals surface area contributed by atoms with Gasteiger partial charge in [-0.15, -0.1) is 0 Å². The zero-order valence-corrected chi connectivity index (χ0v) is 20.1. The SMILES string of the molecule is CC1(C)OB(c2cccc(-c3ccccc3-n3c4ccccc4c4ccccc43)c2)OC1(C)C. The first-order valence-electron chi connectivity index (χ1n) is 11.9. The number of hydrogen-bond donors (Lipinski definition) is 0. The highest BCUT2D eigenvalue weighted by atomic mass is 16.7. The molecule has 0 radical (unpaired) electrons. The minimum atomic E-state index is -0.384. The third-order valence-electron chi connectivity index (χ3n) is 7.45. The summed E-state index contributed by atoms with van der Waals surface area (Å²) in [6.07, 6.45) is 0. The van der Waals surface area contributed by atoms with E-state index in [1.807, 2.05) is 0 Å². The van der Waals surface area contributed by atoms with Crippen molar-refractivity contribution in [2.24, 2.45) is 0 Å². The molecule has 0 aliphatic carbocycles. The summed E-state index contributed by atoms with van der Waals surface area (Å²) in [5.41, 5.74) is 6.19. The molecule has 4 aromatic carbocycles. The lowest BCUT2D eigenvalue weighted by molar-refractivity contribution is 0.00578. The molecule has 0 atom stereocenters. The molecular weight excluding hydrogens is 417 g/mol. The highest BCUT2D eigenvalue weighted by molar-refractivity contribution is 6.62. The molecule has 1 aromatic heterocycles. The highest BCUT2D eigenvalue weighted by Gasteiger charge is 2.51. The molecule has 0 spiro atoms. The van der Waals surface area contributed by atoms with E-state index in [0.29, 0.717) is 0 Å². The van der Waals surface area contributed by atoms with Crippen LogP contribution in [0.3, 0.4) is 0 Å². The zero-order chi connectivity index (χ0) is 23.5. The summed E-state index contributed by atoms with van der Waals surface area (Å²) in [4.78, 5) is 0. The van der Waals surface area contributed by atoms with E-state index in [2.05, 4.69) is 129 Å². The third kappa shape index (κ3) is 3.21. The Morgan fingerprint density at radius 3 is 1.82 bits per heavy atom. The van der Waals surface area contributed by atoms with Crippen molar-refractivity contribution in [1.29, 1.82) is 0 Å². The van der Waals surface area contributed by atoms with E-state index in [0.717, 1.165) is 16.7 Å². The van der Waals surface area contributed by atoms with Crippen LogP contribution in [-0.4, -0.2) is 22.9 Å². The van der Waals surface area contributed by atoms with Gasteiger partial charge in [0.25, 0.3) is 0 Å². The van der Waals surface area contributed by atoms with Crippen LogP contribution < -0.4 is 5.46 Å². The van der Waals surface area contributed by atoms with Gasteiger partial charge in [-0.1, -0.05) is 78.9 Å². The Labute approximate surface area is 201 Å². The molecule has 34 heavy (non-hydrogen) atoms. The second-order valence-electron chi connectivity index (χ2n) is 10.1. The van der Waals surface area contributed by atoms with Crippen LogP contribution in [0, 0.1) is 0 Å². The van der Waals surface area contributed by atoms with E-state index in [1.54, 1.807) is 0 Å². The number of para-hydroxylation sites is 3. The minimum Gasteiger partial charge on any atom is -0.399 e. The molecule has 5 aromatic rings. The van der Waals surface area contributed by atoms with Crippen LogP contribution in [0.4, 0.5) is 0 Å². The molecule has 1 aliphatic heterocycles. The maximum absolute atomic E-state index is 6.33. The summed E-state index contributed by atoms with van der Waals surface area (Å²) in [5.74, 6) is 0. The van der Waals surface area contributed by atoms with Gasteiger partial charge in [0.15, 0.2) is 0 Å². The van der Waals surface area contributed by atoms with Crippen molar-refractivity contribution in [3.8, 4) is 16.8 Å². The molecule has 3 nitrogen and oxygen atoms in total. The van der Waals surface area contributed by atoms with E-state index < -0.39 is 0 Å². The number of aromatic nitrogens is 1. The van der Waals surface area contributed by atoms with Gasteiger partial charge in [-0.05, 0) is 56.9 Å². The molecule has 0 unspecified atom stereocenters. The molecule has 1 saturated heterocycles. The quantitative estimate of drug-likeness (QED) is 0.287. The molecule has 2 heterocycles. The van der Waals surface area contributed by atoms with E-state index >= 15 is 0 Å². The first-order valence-corrected chi connectivity index (χ1v) is 11.9. The summed E-state index contributed by atoms with van der Waals surface area (Å²) < 4.78 is 15.0. The summed E-state index contributed by atoms with van der Waals surface area (Å²) in [5, 5.41) is 2.53. The third-order valence-corrected chi connectivity index (χ3v) is 7.45. The topological polar surface area (TPSA) is 23.4 Å². The fraction of sp³-hybridized carbons (Fsp3) is 0.200. The lowest BCUT2D eigenvalue weighted by Crippen LogP contribution is -2.41. The van der Waals surface area contributed by atoms with Crippen molar-refractivity contribution in [3.63, 3.8) is 0 Å². The number of rotatable bonds is 3. The number of hydrogen-bond acceptors (Lipinski definition) is 2. The van der Waals surface area contributed by atoms with Crippen LogP contribution >= 0.6 is 0 Å². The Bertz CT molecular complexity index is 1460. The van der Waals surface area contributed by atoms with Crippen LogP contribution in [0.15, 0.2) is 97.1 Å². The highest BCUT2D eigenvalue weighted by Crippen LogP contribution is 2.38. The smallest absolute Gasteiger partial charge is 0.399 e. The molecule has 6 rings (SSSR count). The first kappa shape index (κ1) is 21.2. The van der Waals surface area contributed by atoms with Crippen molar-refractivity contribution < 1.29 is 9.31 Å². The van der Waals surface area contributed by atoms with Gasteiger partial charge < -0.3 is 13.9 Å². The molecule has 0 N–H and O–H groups in total. The van der Waals surface area contributed by atoms with E-state index in [-0.39, 0.29) is 18.3 Å². The molecular formula is C30H28BNO2. The lowest BCUT2D eigenvalue weighted by atomic mass is 9.78. The van der Waals surface area contributed by atoms with Crippen LogP contribution in [-0.2, 0) is 9.31 Å². The van der Waals surface area contributed by atoms with Crippen molar-refractivity contribution in [2.75, 3.05) is 0 Å². The second kappa shape index (κ2) is 7.59. The largest absolute Gasteiger partial charge is 0.494 e. The molecule has 1 fully saturated rings. The predicted octanol–water partition coefficient (Wildman–Crippen LogP) is 6.75. The van der Waals surface area contributed by atoms with Gasteiger partial charge in [-0.3, -0.25) is 0 Å². The fourth-order valence-electron chi connectivity index (χ4n) is 4.93. The van der Waals surface area contributed by atoms with Crippen LogP contribution in [0.25, 0.3) is 38.6 Å². The fourth-order valence-corrected chi connectivity index (χ4v) is 4.93. The Balaban J connectivity index is 1.52. The molecule has 0 saturated carbocycles. The molecule has 168 valence electrons. The molecule has 4 heteroatoms. The maximum Gasteiger partial charge on any atom is 0.494 e. The van der Waals surface area contributed by atoms with Gasteiger partial charge >= 0.3 is 7.12 Å². The minimum absolute atomic E-state index is 0.367. The maximum atomic E-state index is 6.33. The Hall–Kier alpha value is -3.34. The van der Waals surface area contributed by atoms with Gasteiger partial charge in [0.2, 0.25) is 0 Å². The summed E-state index contributed by atoms with van der Waals surface area (Å²) >= 11 is 0. The standard InChI is InChI=1S/C30H28BNO2/c1-29(2)30(3,4)34-31(33-29)22-13-11-12-21(20-22)23-14-5-8-17-26(23)32-27-18-9-6-15-24(27)25-16-7-10-19-28(25)32/h5-20H,1-4H3. The van der Waals surface area contributed by atoms with Gasteiger partial charge in [0.05, 0.1) is 27.9 Å². The van der Waals surface area contributed by atoms with Crippen LogP contribution in [0.2, 0.25) is 0 Å². The molecule has 1 aliphatic rings. The van der Waals surface area contributed by atoms with Crippen molar-refractivity contribution in [3.05, 3.63) is 97.1 Å². The van der Waals surface area contributed by atoms with E-state index in [4.69, 9.17) is 9.31 Å². The number of benzene rings is 4. The van der Waals surface area contributed by atoms with Crippen molar-refractivity contribution in [2.45, 2.75) is 38.9 Å². The predicted molar refractivity (Wildman–Crippen MR) is 142 cm³/mol. The normalized spacial score (nSPS) is 17.0. The average molecular weight is 445 g/mol. The molecule has 0 amide bonds. The summed E-state index contributed by atoms with van der Waals surface area (Å²) in [6, 6.07) is 34.4. The van der Waals surface area contributed by atoms with Gasteiger partial charge in [0.1, 0.15) is 0 Å². The van der Waals surface area contributed by atoms with Crippen LogP contribution in [0.1, 0.15) is 27.7 Å². The Morgan fingerprint density at radius 1 is 0.618 bits per heavy atom. The monoisotopic (exact) mass is 445 g/mol. The lowest BCUT2D eigenvalue weighted by Gasteiger charge is -2.32. The number of fused-ring (bicyclic) bond motifs is 3. The first-order chi connectivity index (χ1) is 16.4. The summed E-state index contributed by atoms with van der Waals surface area (Å²) in [7, 11) is -0.384. The Morgan fingerprint density at radius 2 is 1.18 bits per heavy atom. The Kier molecular flexibility index (Phi) is 4.74. The van der Waals surface area contributed by atoms with Gasteiger partial charge in [-0.25, -0.2) is 0 Å². The van der Waals surface area contributed by atoms with E-state index in [1.165, 1.54) is 27.4 Å². The second-order valence-corrected chi connectivity index (χ2v) is 10.1. The zero-order valence-electron chi connectivity index (χ0n) is 20.1. The molecule has 0 bridgehead atoms. The average Bonchev–Trinajstić information content (AvgIpc) is 3.29. The number of nitrogens with zero attached hydrogens (tertiary/aromatic N) is 1. The van der Waals surface area contributed by atoms with E-state index in [9.17, 15) is 0 Å². The van der Waals surface area contributed by atoms with Gasteiger partial charge in [0, 0.05) is 16.3 Å². The van der Waals surface area contributed by atoms with Gasteiger partial charge in [-0.2, -0.15) is 0 Å². The van der Waals surface area contributed by atoms with Crippen molar-refractivity contribution >= 4 is 34.4 Å². The summed E-state index contributed by atoms with van der Waals surface area (Å²) in [6.45, 7) is 8.37.